The van der Waals surface area contributed by atoms with Gasteiger partial charge in [0.1, 0.15) is 0 Å². The molecule has 0 amide bonds. The second kappa shape index (κ2) is 9.69. The number of anilines is 1. The Bertz CT molecular complexity index is 1110. The lowest BCUT2D eigenvalue weighted by atomic mass is 10.1. The molecule has 1 atom stereocenters. The number of H-pyrrole nitrogens is 1. The summed E-state index contributed by atoms with van der Waals surface area (Å²) in [7, 11) is -0.885. The molecule has 0 aliphatic carbocycles. The Hall–Kier alpha value is -1.65. The van der Waals surface area contributed by atoms with Crippen molar-refractivity contribution < 1.29 is 8.95 Å². The molecule has 2 fully saturated rings. The van der Waals surface area contributed by atoms with E-state index >= 15 is 0 Å². The first kappa shape index (κ1) is 22.2. The van der Waals surface area contributed by atoms with Crippen LogP contribution in [0.5, 0.6) is 0 Å². The highest BCUT2D eigenvalue weighted by Crippen LogP contribution is 2.33. The minimum Gasteiger partial charge on any atom is -0.378 e. The maximum absolute atomic E-state index is 11.6. The lowest BCUT2D eigenvalue weighted by Crippen LogP contribution is -2.36. The molecule has 4 heterocycles. The van der Waals surface area contributed by atoms with Crippen LogP contribution in [0.25, 0.3) is 22.4 Å². The summed E-state index contributed by atoms with van der Waals surface area (Å²) in [4.78, 5) is 15.2. The molecular weight excluding hydrogens is 466 g/mol. The number of aromatic nitrogens is 3. The summed E-state index contributed by atoms with van der Waals surface area (Å²) in [5.74, 6) is 0. The number of halogens is 1. The highest BCUT2D eigenvalue weighted by Gasteiger charge is 2.23. The average molecular weight is 492 g/mol. The fraction of sp³-hybridized carbons (Fsp3) is 0.455. The van der Waals surface area contributed by atoms with Gasteiger partial charge >= 0.3 is 0 Å². The average Bonchev–Trinajstić information content (AvgIpc) is 3.20. The first-order valence-electron chi connectivity index (χ1n) is 10.8. The third kappa shape index (κ3) is 4.82. The van der Waals surface area contributed by atoms with E-state index in [1.807, 2.05) is 10.4 Å². The lowest BCUT2D eigenvalue weighted by Gasteiger charge is -2.28. The van der Waals surface area contributed by atoms with Gasteiger partial charge in [-0.3, -0.25) is 0 Å². The van der Waals surface area contributed by atoms with Crippen LogP contribution in [0.15, 0.2) is 35.5 Å². The summed E-state index contributed by atoms with van der Waals surface area (Å²) >= 11 is 8.33. The Morgan fingerprint density at radius 3 is 2.53 bits per heavy atom. The van der Waals surface area contributed by atoms with Gasteiger partial charge in [0.15, 0.2) is 10.8 Å². The van der Waals surface area contributed by atoms with E-state index in [1.54, 1.807) is 18.0 Å². The van der Waals surface area contributed by atoms with Crippen LogP contribution in [0, 0.1) is 0 Å². The number of imidazole rings is 1. The van der Waals surface area contributed by atoms with E-state index < -0.39 is 11.0 Å². The number of pyridine rings is 1. The largest absolute Gasteiger partial charge is 0.378 e. The zero-order chi connectivity index (χ0) is 22.1. The number of morpholine rings is 1. The first-order chi connectivity index (χ1) is 15.6. The van der Waals surface area contributed by atoms with Crippen LogP contribution >= 0.6 is 23.4 Å². The predicted octanol–water partition coefficient (Wildman–Crippen LogP) is 3.96. The van der Waals surface area contributed by atoms with Gasteiger partial charge in [-0.2, -0.15) is 0 Å². The topological polar surface area (TPSA) is 74.3 Å². The SMILES string of the molecule is CS(=O)N1CCC(Sc2nc3nc(-c4ccc(N5CCOCC5)cc4)c(Cl)cc3[nH]2)CC1. The summed E-state index contributed by atoms with van der Waals surface area (Å²) in [6, 6.07) is 10.3. The number of hydrogen-bond acceptors (Lipinski definition) is 6. The number of benzene rings is 1. The second-order valence-corrected chi connectivity index (χ2v) is 11.1. The van der Waals surface area contributed by atoms with Crippen LogP contribution in [0.2, 0.25) is 5.02 Å². The van der Waals surface area contributed by atoms with E-state index in [4.69, 9.17) is 26.3 Å². The monoisotopic (exact) mass is 491 g/mol. The molecule has 0 radical (unpaired) electrons. The van der Waals surface area contributed by atoms with E-state index in [1.165, 1.54) is 5.69 Å². The molecule has 0 saturated carbocycles. The molecule has 5 rings (SSSR count). The molecule has 32 heavy (non-hydrogen) atoms. The van der Waals surface area contributed by atoms with Gasteiger partial charge in [0.05, 0.1) is 40.4 Å². The number of nitrogens with zero attached hydrogens (tertiary/aromatic N) is 4. The highest BCUT2D eigenvalue weighted by atomic mass is 35.5. The van der Waals surface area contributed by atoms with Crippen molar-refractivity contribution in [2.24, 2.45) is 0 Å². The normalized spacial score (nSPS) is 19.5. The van der Waals surface area contributed by atoms with E-state index in [9.17, 15) is 4.21 Å². The smallest absolute Gasteiger partial charge is 0.179 e. The standard InChI is InChI=1S/C22H26ClN5O2S2/c1-32(29)28-8-6-17(7-9-28)31-22-24-19-14-18(23)20(25-21(19)26-22)15-2-4-16(5-3-15)27-10-12-30-13-11-27/h2-5,14,17H,6-13H2,1H3,(H,24,25,26). The molecule has 170 valence electrons. The fourth-order valence-electron chi connectivity index (χ4n) is 4.17. The van der Waals surface area contributed by atoms with Crippen molar-refractivity contribution >= 4 is 51.2 Å². The Kier molecular flexibility index (Phi) is 6.71. The molecule has 2 aromatic heterocycles. The summed E-state index contributed by atoms with van der Waals surface area (Å²) < 4.78 is 19.1. The molecule has 3 aromatic rings. The zero-order valence-corrected chi connectivity index (χ0v) is 20.3. The van der Waals surface area contributed by atoms with Crippen LogP contribution in [0.3, 0.4) is 0 Å². The van der Waals surface area contributed by atoms with Crippen molar-refractivity contribution in [3.05, 3.63) is 35.4 Å². The van der Waals surface area contributed by atoms with Crippen LogP contribution in [-0.2, 0) is 15.7 Å². The zero-order valence-electron chi connectivity index (χ0n) is 17.9. The molecule has 2 aliphatic heterocycles. The molecule has 1 unspecified atom stereocenters. The van der Waals surface area contributed by atoms with Gasteiger partial charge in [-0.25, -0.2) is 18.5 Å². The Morgan fingerprint density at radius 2 is 1.84 bits per heavy atom. The Balaban J connectivity index is 1.32. The van der Waals surface area contributed by atoms with Gasteiger partial charge in [-0.15, -0.1) is 0 Å². The Morgan fingerprint density at radius 1 is 1.12 bits per heavy atom. The van der Waals surface area contributed by atoms with Gasteiger partial charge in [0, 0.05) is 48.9 Å². The summed E-state index contributed by atoms with van der Waals surface area (Å²) in [5.41, 5.74) is 4.43. The van der Waals surface area contributed by atoms with Crippen molar-refractivity contribution in [3.63, 3.8) is 0 Å². The van der Waals surface area contributed by atoms with Gasteiger partial charge < -0.3 is 14.6 Å². The number of nitrogens with one attached hydrogen (secondary N) is 1. The maximum atomic E-state index is 11.6. The molecular formula is C22H26ClN5O2S2. The Labute approximate surface area is 199 Å². The van der Waals surface area contributed by atoms with E-state index in [-0.39, 0.29) is 0 Å². The fourth-order valence-corrected chi connectivity index (χ4v) is 6.23. The molecule has 1 N–H and O–H groups in total. The predicted molar refractivity (Wildman–Crippen MR) is 132 cm³/mol. The van der Waals surface area contributed by atoms with Gasteiger partial charge in [-0.05, 0) is 31.0 Å². The third-order valence-electron chi connectivity index (χ3n) is 5.96. The molecule has 2 saturated heterocycles. The number of rotatable bonds is 5. The van der Waals surface area contributed by atoms with Crippen LogP contribution in [-0.4, -0.2) is 74.4 Å². The quantitative estimate of drug-likeness (QED) is 0.582. The number of thioether (sulfide) groups is 1. The minimum absolute atomic E-state index is 0.457. The molecule has 0 spiro atoms. The van der Waals surface area contributed by atoms with Gasteiger partial charge in [-0.1, -0.05) is 35.5 Å². The number of aromatic amines is 1. The number of fused-ring (bicyclic) bond motifs is 1. The molecule has 1 aromatic carbocycles. The summed E-state index contributed by atoms with van der Waals surface area (Å²) in [6.07, 6.45) is 3.74. The molecule has 10 heteroatoms. The van der Waals surface area contributed by atoms with Crippen molar-refractivity contribution in [2.45, 2.75) is 23.2 Å². The number of ether oxygens (including phenoxy) is 1. The molecule has 7 nitrogen and oxygen atoms in total. The van der Waals surface area contributed by atoms with Gasteiger partial charge in [0.25, 0.3) is 0 Å². The van der Waals surface area contributed by atoms with Crippen LogP contribution in [0.4, 0.5) is 5.69 Å². The second-order valence-electron chi connectivity index (χ2n) is 8.05. The van der Waals surface area contributed by atoms with Gasteiger partial charge in [0.2, 0.25) is 0 Å². The van der Waals surface area contributed by atoms with Crippen LogP contribution in [0.1, 0.15) is 12.8 Å². The first-order valence-corrected chi connectivity index (χ1v) is 13.6. The highest BCUT2D eigenvalue weighted by molar-refractivity contribution is 7.99. The lowest BCUT2D eigenvalue weighted by molar-refractivity contribution is 0.122. The maximum Gasteiger partial charge on any atom is 0.179 e. The van der Waals surface area contributed by atoms with Crippen molar-refractivity contribution in [3.8, 4) is 11.3 Å². The van der Waals surface area contributed by atoms with Crippen LogP contribution < -0.4 is 4.90 Å². The van der Waals surface area contributed by atoms with E-state index in [0.29, 0.717) is 15.9 Å². The molecule has 0 bridgehead atoms. The number of hydrogen-bond donors (Lipinski definition) is 1. The minimum atomic E-state index is -0.885. The van der Waals surface area contributed by atoms with Crippen molar-refractivity contribution in [1.29, 1.82) is 0 Å². The van der Waals surface area contributed by atoms with Crippen molar-refractivity contribution in [2.75, 3.05) is 50.5 Å². The molecule has 2 aliphatic rings. The third-order valence-corrected chi connectivity index (χ3v) is 8.57. The number of piperidine rings is 1. The summed E-state index contributed by atoms with van der Waals surface area (Å²) in [5, 5.41) is 1.92. The van der Waals surface area contributed by atoms with E-state index in [0.717, 1.165) is 74.2 Å². The van der Waals surface area contributed by atoms with Crippen molar-refractivity contribution in [1.82, 2.24) is 19.3 Å². The van der Waals surface area contributed by atoms with E-state index in [2.05, 4.69) is 34.1 Å². The summed E-state index contributed by atoms with van der Waals surface area (Å²) in [6.45, 7) is 5.07.